The number of carboxylic acid groups (broad SMARTS) is 2. The Morgan fingerprint density at radius 2 is 0.778 bits per heavy atom. The molecule has 0 heterocycles. The van der Waals surface area contributed by atoms with Crippen LogP contribution < -0.4 is 12.3 Å². The molecule has 0 saturated heterocycles. The van der Waals surface area contributed by atoms with Crippen molar-refractivity contribution in [2.75, 3.05) is 0 Å². The maximum atomic E-state index is 10.2. The number of hydrogen-bond donors (Lipinski definition) is 4. The summed E-state index contributed by atoms with van der Waals surface area (Å²) in [6.45, 7) is 0. The van der Waals surface area contributed by atoms with E-state index in [1.807, 2.05) is 0 Å². The molecule has 18 heavy (non-hydrogen) atoms. The van der Waals surface area contributed by atoms with Gasteiger partial charge >= 0.3 is 11.9 Å². The second kappa shape index (κ2) is 15.9. The first-order chi connectivity index (χ1) is 7.63. The molecule has 8 N–H and O–H groups in total. The molecule has 110 valence electrons. The Labute approximate surface area is 109 Å². The van der Waals surface area contributed by atoms with E-state index >= 15 is 0 Å². The van der Waals surface area contributed by atoms with Gasteiger partial charge in [0.2, 0.25) is 0 Å². The molecular weight excluding hydrogens is 236 g/mol. The fraction of sp³-hybridized carbons (Fsp3) is 0.833. The van der Waals surface area contributed by atoms with Crippen LogP contribution in [0.2, 0.25) is 0 Å². The molecule has 0 radical (unpaired) electrons. The average molecular weight is 264 g/mol. The van der Waals surface area contributed by atoms with Crippen molar-refractivity contribution in [3.8, 4) is 0 Å². The van der Waals surface area contributed by atoms with E-state index in [0.717, 1.165) is 51.4 Å². The Morgan fingerprint density at radius 3 is 1.00 bits per heavy atom. The zero-order valence-corrected chi connectivity index (χ0v) is 11.2. The molecule has 0 rings (SSSR count). The van der Waals surface area contributed by atoms with Crippen molar-refractivity contribution in [1.29, 1.82) is 0 Å². The molecule has 0 fully saturated rings. The van der Waals surface area contributed by atoms with Crippen LogP contribution in [0.4, 0.5) is 0 Å². The van der Waals surface area contributed by atoms with Gasteiger partial charge in [0, 0.05) is 12.8 Å². The first-order valence-corrected chi connectivity index (χ1v) is 6.06. The van der Waals surface area contributed by atoms with Gasteiger partial charge < -0.3 is 22.5 Å². The predicted molar refractivity (Wildman–Crippen MR) is 71.5 cm³/mol. The maximum Gasteiger partial charge on any atom is 0.303 e. The first kappa shape index (κ1) is 22.1. The Kier molecular flexibility index (Phi) is 19.5. The highest BCUT2D eigenvalue weighted by molar-refractivity contribution is 5.66. The van der Waals surface area contributed by atoms with Gasteiger partial charge in [-0.2, -0.15) is 0 Å². The molecule has 0 aromatic heterocycles. The minimum Gasteiger partial charge on any atom is -0.481 e. The third-order valence-corrected chi connectivity index (χ3v) is 2.53. The lowest BCUT2D eigenvalue weighted by Gasteiger charge is -2.00. The second-order valence-electron chi connectivity index (χ2n) is 4.12. The Balaban J connectivity index is -0.00000112. The molecule has 0 aromatic carbocycles. The van der Waals surface area contributed by atoms with Crippen LogP contribution in [0, 0.1) is 0 Å². The van der Waals surface area contributed by atoms with Crippen molar-refractivity contribution in [2.24, 2.45) is 0 Å². The normalized spacial score (nSPS) is 9.11. The molecule has 0 unspecified atom stereocenters. The minimum absolute atomic E-state index is 0. The summed E-state index contributed by atoms with van der Waals surface area (Å²) in [5.41, 5.74) is 0. The van der Waals surface area contributed by atoms with Crippen LogP contribution in [0.25, 0.3) is 0 Å². The molecule has 0 aliphatic heterocycles. The smallest absolute Gasteiger partial charge is 0.303 e. The number of aliphatic carboxylic acids is 2. The second-order valence-corrected chi connectivity index (χ2v) is 4.12. The summed E-state index contributed by atoms with van der Waals surface area (Å²) in [4.78, 5) is 20.4. The summed E-state index contributed by atoms with van der Waals surface area (Å²) < 4.78 is 0. The number of carboxylic acids is 2. The Hall–Kier alpha value is -1.14. The number of carbonyl (C=O) groups is 2. The molecule has 0 amide bonds. The van der Waals surface area contributed by atoms with Crippen molar-refractivity contribution in [1.82, 2.24) is 12.3 Å². The van der Waals surface area contributed by atoms with Gasteiger partial charge in [-0.1, -0.05) is 38.5 Å². The molecule has 0 atom stereocenters. The summed E-state index contributed by atoms with van der Waals surface area (Å²) in [7, 11) is 0. The zero-order chi connectivity index (χ0) is 12.2. The topological polar surface area (TPSA) is 145 Å². The van der Waals surface area contributed by atoms with E-state index in [1.54, 1.807) is 0 Å². The number of rotatable bonds is 11. The van der Waals surface area contributed by atoms with Crippen LogP contribution in [0.15, 0.2) is 0 Å². The fourth-order valence-corrected chi connectivity index (χ4v) is 1.61. The molecule has 6 heteroatoms. The molecule has 0 aliphatic rings. The highest BCUT2D eigenvalue weighted by atomic mass is 16.4. The van der Waals surface area contributed by atoms with E-state index in [1.165, 1.54) is 0 Å². The quantitative estimate of drug-likeness (QED) is 0.421. The highest BCUT2D eigenvalue weighted by Gasteiger charge is 1.98. The monoisotopic (exact) mass is 264 g/mol. The zero-order valence-electron chi connectivity index (χ0n) is 11.2. The summed E-state index contributed by atoms with van der Waals surface area (Å²) >= 11 is 0. The van der Waals surface area contributed by atoms with E-state index in [-0.39, 0.29) is 25.1 Å². The molecule has 0 saturated carbocycles. The summed E-state index contributed by atoms with van der Waals surface area (Å²) in [6.07, 6.45) is 8.51. The molecule has 6 nitrogen and oxygen atoms in total. The van der Waals surface area contributed by atoms with Gasteiger partial charge in [-0.25, -0.2) is 0 Å². The van der Waals surface area contributed by atoms with E-state index in [4.69, 9.17) is 10.2 Å². The van der Waals surface area contributed by atoms with Gasteiger partial charge in [0.05, 0.1) is 0 Å². The van der Waals surface area contributed by atoms with Crippen LogP contribution in [-0.2, 0) is 9.59 Å². The van der Waals surface area contributed by atoms with Crippen LogP contribution in [-0.4, -0.2) is 22.2 Å². The summed E-state index contributed by atoms with van der Waals surface area (Å²) in [6, 6.07) is 0. The summed E-state index contributed by atoms with van der Waals surface area (Å²) in [5.74, 6) is -1.43. The number of unbranched alkanes of at least 4 members (excludes halogenated alkanes) is 7. The molecule has 0 aliphatic carbocycles. The van der Waals surface area contributed by atoms with E-state index < -0.39 is 11.9 Å². The van der Waals surface area contributed by atoms with Crippen molar-refractivity contribution in [3.63, 3.8) is 0 Å². The van der Waals surface area contributed by atoms with Gasteiger partial charge in [-0.3, -0.25) is 9.59 Å². The lowest BCUT2D eigenvalue weighted by Crippen LogP contribution is -1.94. The van der Waals surface area contributed by atoms with Crippen molar-refractivity contribution < 1.29 is 19.8 Å². The SMILES string of the molecule is N.N.O=C(O)CCCCCCCCCCC(=O)O. The van der Waals surface area contributed by atoms with Gasteiger partial charge in [-0.15, -0.1) is 0 Å². The average Bonchev–Trinajstić information content (AvgIpc) is 2.20. The standard InChI is InChI=1S/C12H22O4.2H3N/c13-11(14)9-7-5-3-1-2-4-6-8-10-12(15)16;;/h1-10H2,(H,13,14)(H,15,16);2*1H3. The first-order valence-electron chi connectivity index (χ1n) is 6.06. The van der Waals surface area contributed by atoms with Crippen LogP contribution in [0.5, 0.6) is 0 Å². The third kappa shape index (κ3) is 20.3. The Bertz CT molecular complexity index is 188. The van der Waals surface area contributed by atoms with Gasteiger partial charge in [0.1, 0.15) is 0 Å². The lowest BCUT2D eigenvalue weighted by atomic mass is 10.1. The van der Waals surface area contributed by atoms with Crippen molar-refractivity contribution in [3.05, 3.63) is 0 Å². The Morgan fingerprint density at radius 1 is 0.556 bits per heavy atom. The maximum absolute atomic E-state index is 10.2. The highest BCUT2D eigenvalue weighted by Crippen LogP contribution is 2.10. The van der Waals surface area contributed by atoms with E-state index in [0.29, 0.717) is 0 Å². The van der Waals surface area contributed by atoms with Gasteiger partial charge in [0.25, 0.3) is 0 Å². The third-order valence-electron chi connectivity index (χ3n) is 2.53. The largest absolute Gasteiger partial charge is 0.481 e. The molecular formula is C12H28N2O4. The predicted octanol–water partition coefficient (Wildman–Crippen LogP) is 3.38. The van der Waals surface area contributed by atoms with Gasteiger partial charge in [-0.05, 0) is 12.8 Å². The van der Waals surface area contributed by atoms with Crippen molar-refractivity contribution in [2.45, 2.75) is 64.2 Å². The lowest BCUT2D eigenvalue weighted by molar-refractivity contribution is -0.138. The fourth-order valence-electron chi connectivity index (χ4n) is 1.61. The number of hydrogen-bond acceptors (Lipinski definition) is 4. The van der Waals surface area contributed by atoms with Crippen LogP contribution >= 0.6 is 0 Å². The van der Waals surface area contributed by atoms with Crippen molar-refractivity contribution >= 4 is 11.9 Å². The molecule has 0 aromatic rings. The van der Waals surface area contributed by atoms with Crippen LogP contribution in [0.3, 0.4) is 0 Å². The van der Waals surface area contributed by atoms with E-state index in [9.17, 15) is 9.59 Å². The van der Waals surface area contributed by atoms with E-state index in [2.05, 4.69) is 0 Å². The van der Waals surface area contributed by atoms with Crippen LogP contribution in [0.1, 0.15) is 64.2 Å². The molecule has 0 bridgehead atoms. The summed E-state index contributed by atoms with van der Waals surface area (Å²) in [5, 5.41) is 16.8. The minimum atomic E-state index is -0.714. The van der Waals surface area contributed by atoms with Gasteiger partial charge in [0.15, 0.2) is 0 Å². The molecule has 0 spiro atoms.